The van der Waals surface area contributed by atoms with Gasteiger partial charge in [0.1, 0.15) is 16.5 Å². The van der Waals surface area contributed by atoms with E-state index in [0.717, 1.165) is 34.7 Å². The third kappa shape index (κ3) is 5.01. The third-order valence-electron chi connectivity index (χ3n) is 6.56. The number of thiophene rings is 1. The fourth-order valence-electron chi connectivity index (χ4n) is 4.47. The van der Waals surface area contributed by atoms with Crippen molar-refractivity contribution in [3.05, 3.63) is 86.0 Å². The van der Waals surface area contributed by atoms with Crippen LogP contribution < -0.4 is 4.90 Å². The highest BCUT2D eigenvalue weighted by atomic mass is 35.5. The molecule has 4 aromatic rings. The van der Waals surface area contributed by atoms with E-state index in [1.807, 2.05) is 11.0 Å². The van der Waals surface area contributed by atoms with Crippen LogP contribution in [0.2, 0.25) is 10.0 Å². The Morgan fingerprint density at radius 1 is 0.971 bits per heavy atom. The minimum atomic E-state index is -0.0646. The second kappa shape index (κ2) is 10.1. The van der Waals surface area contributed by atoms with Crippen LogP contribution in [0.1, 0.15) is 32.2 Å². The van der Waals surface area contributed by atoms with Crippen LogP contribution >= 0.6 is 34.5 Å². The molecule has 1 aliphatic heterocycles. The molecule has 0 radical (unpaired) electrons. The molecule has 3 heterocycles. The van der Waals surface area contributed by atoms with E-state index >= 15 is 0 Å². The van der Waals surface area contributed by atoms with Crippen molar-refractivity contribution in [1.82, 2.24) is 14.9 Å². The maximum Gasteiger partial charge on any atom is 0.255 e. The van der Waals surface area contributed by atoms with Gasteiger partial charge in [-0.25, -0.2) is 9.97 Å². The second-order valence-electron chi connectivity index (χ2n) is 8.82. The van der Waals surface area contributed by atoms with Gasteiger partial charge >= 0.3 is 0 Å². The zero-order valence-electron chi connectivity index (χ0n) is 19.7. The SMILES string of the molecule is Cc1sc2nc(CCc3ccccc3)nc(N3CCN(C(=O)c4ccc(Cl)cc4Cl)CC3)c2c1C. The Kier molecular flexibility index (Phi) is 6.96. The van der Waals surface area contributed by atoms with Crippen molar-refractivity contribution < 1.29 is 4.79 Å². The van der Waals surface area contributed by atoms with Crippen LogP contribution in [0, 0.1) is 13.8 Å². The van der Waals surface area contributed by atoms with Crippen LogP contribution in [0.3, 0.4) is 0 Å². The normalized spacial score (nSPS) is 14.1. The number of nitrogens with zero attached hydrogens (tertiary/aromatic N) is 4. The fourth-order valence-corrected chi connectivity index (χ4v) is 6.00. The van der Waals surface area contributed by atoms with Gasteiger partial charge in [0.05, 0.1) is 16.0 Å². The van der Waals surface area contributed by atoms with Crippen molar-refractivity contribution in [2.45, 2.75) is 26.7 Å². The molecule has 0 atom stereocenters. The molecule has 0 saturated carbocycles. The van der Waals surface area contributed by atoms with Gasteiger partial charge in [0, 0.05) is 42.5 Å². The van der Waals surface area contributed by atoms with Gasteiger partial charge in [-0.15, -0.1) is 11.3 Å². The maximum atomic E-state index is 13.1. The number of halogens is 2. The Hall–Kier alpha value is -2.67. The molecule has 35 heavy (non-hydrogen) atoms. The summed E-state index contributed by atoms with van der Waals surface area (Å²) in [6, 6.07) is 15.5. The molecule has 0 N–H and O–H groups in total. The molecule has 0 bridgehead atoms. The van der Waals surface area contributed by atoms with Gasteiger partial charge in [-0.2, -0.15) is 0 Å². The first-order chi connectivity index (χ1) is 16.9. The monoisotopic (exact) mass is 524 g/mol. The Bertz CT molecular complexity index is 1380. The minimum Gasteiger partial charge on any atom is -0.352 e. The number of piperazine rings is 1. The molecule has 2 aromatic carbocycles. The molecular weight excluding hydrogens is 499 g/mol. The lowest BCUT2D eigenvalue weighted by Crippen LogP contribution is -2.49. The molecule has 0 spiro atoms. The maximum absolute atomic E-state index is 13.1. The molecule has 2 aromatic heterocycles. The molecule has 1 aliphatic rings. The lowest BCUT2D eigenvalue weighted by molar-refractivity contribution is 0.0747. The number of carbonyl (C=O) groups is 1. The van der Waals surface area contributed by atoms with Crippen molar-refractivity contribution in [1.29, 1.82) is 0 Å². The molecular formula is C27H26Cl2N4OS. The molecule has 1 fully saturated rings. The lowest BCUT2D eigenvalue weighted by Gasteiger charge is -2.36. The smallest absolute Gasteiger partial charge is 0.255 e. The summed E-state index contributed by atoms with van der Waals surface area (Å²) in [7, 11) is 0. The number of fused-ring (bicyclic) bond motifs is 1. The molecule has 0 unspecified atom stereocenters. The van der Waals surface area contributed by atoms with Crippen LogP contribution in [-0.4, -0.2) is 47.0 Å². The minimum absolute atomic E-state index is 0.0646. The predicted molar refractivity (Wildman–Crippen MR) is 145 cm³/mol. The van der Waals surface area contributed by atoms with Crippen molar-refractivity contribution in [2.24, 2.45) is 0 Å². The van der Waals surface area contributed by atoms with Gasteiger partial charge in [-0.1, -0.05) is 53.5 Å². The highest BCUT2D eigenvalue weighted by Crippen LogP contribution is 2.35. The average molecular weight is 526 g/mol. The molecule has 5 rings (SSSR count). The average Bonchev–Trinajstić information content (AvgIpc) is 3.16. The number of aromatic nitrogens is 2. The Balaban J connectivity index is 1.37. The molecule has 1 amide bonds. The first-order valence-corrected chi connectivity index (χ1v) is 13.3. The van der Waals surface area contributed by atoms with Crippen molar-refractivity contribution in [3.63, 3.8) is 0 Å². The highest BCUT2D eigenvalue weighted by Gasteiger charge is 2.27. The summed E-state index contributed by atoms with van der Waals surface area (Å²) in [6.07, 6.45) is 1.69. The van der Waals surface area contributed by atoms with Gasteiger partial charge < -0.3 is 9.80 Å². The van der Waals surface area contributed by atoms with Crippen molar-refractivity contribution >= 4 is 56.5 Å². The van der Waals surface area contributed by atoms with E-state index in [1.54, 1.807) is 29.5 Å². The van der Waals surface area contributed by atoms with Gasteiger partial charge in [0.2, 0.25) is 0 Å². The highest BCUT2D eigenvalue weighted by molar-refractivity contribution is 7.18. The van der Waals surface area contributed by atoms with Crippen molar-refractivity contribution in [3.8, 4) is 0 Å². The number of benzene rings is 2. The van der Waals surface area contributed by atoms with Crippen LogP contribution in [0.25, 0.3) is 10.2 Å². The molecule has 5 nitrogen and oxygen atoms in total. The van der Waals surface area contributed by atoms with Crippen LogP contribution in [0.4, 0.5) is 5.82 Å². The number of aryl methyl sites for hydroxylation is 4. The number of amides is 1. The van der Waals surface area contributed by atoms with Gasteiger partial charge in [0.25, 0.3) is 5.91 Å². The first kappa shape index (κ1) is 24.0. The first-order valence-electron chi connectivity index (χ1n) is 11.7. The summed E-state index contributed by atoms with van der Waals surface area (Å²) in [4.78, 5) is 29.5. The number of hydrogen-bond donors (Lipinski definition) is 0. The van der Waals surface area contributed by atoms with Gasteiger partial charge in [0.15, 0.2) is 0 Å². The number of hydrogen-bond acceptors (Lipinski definition) is 5. The Morgan fingerprint density at radius 3 is 2.43 bits per heavy atom. The summed E-state index contributed by atoms with van der Waals surface area (Å²) < 4.78 is 0. The van der Waals surface area contributed by atoms with E-state index in [0.29, 0.717) is 41.8 Å². The quantitative estimate of drug-likeness (QED) is 0.304. The summed E-state index contributed by atoms with van der Waals surface area (Å²) in [5, 5.41) is 2.04. The van der Waals surface area contributed by atoms with E-state index in [-0.39, 0.29) is 5.91 Å². The fraction of sp³-hybridized carbons (Fsp3) is 0.296. The predicted octanol–water partition coefficient (Wildman–Crippen LogP) is 6.36. The van der Waals surface area contributed by atoms with E-state index in [1.165, 1.54) is 16.0 Å². The molecule has 1 saturated heterocycles. The van der Waals surface area contributed by atoms with E-state index in [2.05, 4.69) is 43.0 Å². The summed E-state index contributed by atoms with van der Waals surface area (Å²) in [5.41, 5.74) is 3.01. The van der Waals surface area contributed by atoms with Crippen molar-refractivity contribution in [2.75, 3.05) is 31.1 Å². The summed E-state index contributed by atoms with van der Waals surface area (Å²) in [6.45, 7) is 6.90. The molecule has 8 heteroatoms. The topological polar surface area (TPSA) is 49.3 Å². The Morgan fingerprint density at radius 2 is 1.71 bits per heavy atom. The largest absolute Gasteiger partial charge is 0.352 e. The Labute approximate surface area is 219 Å². The van der Waals surface area contributed by atoms with E-state index in [9.17, 15) is 4.79 Å². The zero-order chi connectivity index (χ0) is 24.5. The van der Waals surface area contributed by atoms with Gasteiger partial charge in [-0.3, -0.25) is 4.79 Å². The van der Waals surface area contributed by atoms with Crippen LogP contribution in [-0.2, 0) is 12.8 Å². The standard InChI is InChI=1S/C27H26Cl2N4OS/c1-17-18(2)35-26-24(17)25(30-23(31-26)11-8-19-6-4-3-5-7-19)32-12-14-33(15-13-32)27(34)21-10-9-20(28)16-22(21)29/h3-7,9-10,16H,8,11-15H2,1-2H3. The number of anilines is 1. The molecule has 0 aliphatic carbocycles. The summed E-state index contributed by atoms with van der Waals surface area (Å²) >= 11 is 14.0. The third-order valence-corrected chi connectivity index (χ3v) is 8.21. The van der Waals surface area contributed by atoms with E-state index < -0.39 is 0 Å². The van der Waals surface area contributed by atoms with Gasteiger partial charge in [-0.05, 0) is 49.6 Å². The van der Waals surface area contributed by atoms with Crippen LogP contribution in [0.15, 0.2) is 48.5 Å². The number of rotatable bonds is 5. The number of carbonyl (C=O) groups excluding carboxylic acids is 1. The zero-order valence-corrected chi connectivity index (χ0v) is 22.1. The van der Waals surface area contributed by atoms with E-state index in [4.69, 9.17) is 33.2 Å². The second-order valence-corrected chi connectivity index (χ2v) is 10.9. The summed E-state index contributed by atoms with van der Waals surface area (Å²) in [5.74, 6) is 1.78. The van der Waals surface area contributed by atoms with Crippen LogP contribution in [0.5, 0.6) is 0 Å². The lowest BCUT2D eigenvalue weighted by atomic mass is 10.1. The molecule has 180 valence electrons.